The summed E-state index contributed by atoms with van der Waals surface area (Å²) in [4.78, 5) is 24.1. The van der Waals surface area contributed by atoms with E-state index in [4.69, 9.17) is 6.42 Å². The van der Waals surface area contributed by atoms with Gasteiger partial charge >= 0.3 is 0 Å². The van der Waals surface area contributed by atoms with Crippen molar-refractivity contribution in [1.82, 2.24) is 5.32 Å². The zero-order valence-corrected chi connectivity index (χ0v) is 13.2. The van der Waals surface area contributed by atoms with E-state index in [-0.39, 0.29) is 18.1 Å². The highest BCUT2D eigenvalue weighted by molar-refractivity contribution is 5.81. The van der Waals surface area contributed by atoms with Gasteiger partial charge in [-0.1, -0.05) is 24.1 Å². The van der Waals surface area contributed by atoms with Crippen LogP contribution in [0.3, 0.4) is 0 Å². The lowest BCUT2D eigenvalue weighted by atomic mass is 10.1. The molecule has 0 aliphatic carbocycles. The highest BCUT2D eigenvalue weighted by Gasteiger charge is 2.14. The molecule has 24 heavy (non-hydrogen) atoms. The summed E-state index contributed by atoms with van der Waals surface area (Å²) in [5.74, 6) is 2.40. The SMILES string of the molecule is C#Cc1cccc(N(CC(=O)NC)Cc2cccc([N+](=O)[O-])c2)c1. The zero-order valence-electron chi connectivity index (χ0n) is 13.2. The lowest BCUT2D eigenvalue weighted by Gasteiger charge is -2.24. The fourth-order valence-corrected chi connectivity index (χ4v) is 2.27. The normalized spacial score (nSPS) is 9.83. The second-order valence-electron chi connectivity index (χ2n) is 5.15. The fourth-order valence-electron chi connectivity index (χ4n) is 2.27. The first kappa shape index (κ1) is 17.0. The van der Waals surface area contributed by atoms with Crippen molar-refractivity contribution in [2.75, 3.05) is 18.5 Å². The summed E-state index contributed by atoms with van der Waals surface area (Å²) in [6, 6.07) is 13.6. The van der Waals surface area contributed by atoms with Crippen LogP contribution in [0, 0.1) is 22.5 Å². The van der Waals surface area contributed by atoms with Crippen molar-refractivity contribution in [3.05, 3.63) is 69.8 Å². The van der Waals surface area contributed by atoms with Gasteiger partial charge in [-0.3, -0.25) is 14.9 Å². The van der Waals surface area contributed by atoms with Crippen LogP contribution in [0.5, 0.6) is 0 Å². The van der Waals surface area contributed by atoms with E-state index in [1.54, 1.807) is 31.3 Å². The number of rotatable bonds is 6. The van der Waals surface area contributed by atoms with Crippen LogP contribution in [0.1, 0.15) is 11.1 Å². The average Bonchev–Trinajstić information content (AvgIpc) is 2.61. The van der Waals surface area contributed by atoms with Gasteiger partial charge in [-0.05, 0) is 23.8 Å². The summed E-state index contributed by atoms with van der Waals surface area (Å²) >= 11 is 0. The van der Waals surface area contributed by atoms with Gasteiger partial charge in [0.05, 0.1) is 11.5 Å². The molecule has 6 nitrogen and oxygen atoms in total. The van der Waals surface area contributed by atoms with E-state index in [0.717, 1.165) is 11.3 Å². The number of nitrogens with zero attached hydrogens (tertiary/aromatic N) is 2. The molecule has 0 atom stereocenters. The number of anilines is 1. The predicted octanol–water partition coefficient (Wildman–Crippen LogP) is 2.33. The lowest BCUT2D eigenvalue weighted by molar-refractivity contribution is -0.384. The smallest absolute Gasteiger partial charge is 0.269 e. The van der Waals surface area contributed by atoms with Crippen molar-refractivity contribution in [2.45, 2.75) is 6.54 Å². The molecular formula is C18H17N3O3. The van der Waals surface area contributed by atoms with E-state index in [1.165, 1.54) is 12.1 Å². The van der Waals surface area contributed by atoms with Gasteiger partial charge < -0.3 is 10.2 Å². The highest BCUT2D eigenvalue weighted by Crippen LogP contribution is 2.20. The second kappa shape index (κ2) is 7.79. The van der Waals surface area contributed by atoms with Crippen LogP contribution in [-0.4, -0.2) is 24.4 Å². The van der Waals surface area contributed by atoms with Crippen LogP contribution in [-0.2, 0) is 11.3 Å². The zero-order chi connectivity index (χ0) is 17.5. The molecule has 0 heterocycles. The Morgan fingerprint density at radius 1 is 1.29 bits per heavy atom. The van der Waals surface area contributed by atoms with Crippen LogP contribution in [0.15, 0.2) is 48.5 Å². The summed E-state index contributed by atoms with van der Waals surface area (Å²) in [7, 11) is 1.56. The Balaban J connectivity index is 2.32. The van der Waals surface area contributed by atoms with Crippen LogP contribution in [0.2, 0.25) is 0 Å². The fraction of sp³-hybridized carbons (Fsp3) is 0.167. The topological polar surface area (TPSA) is 75.5 Å². The third-order valence-corrected chi connectivity index (χ3v) is 3.49. The third kappa shape index (κ3) is 4.34. The number of benzene rings is 2. The first-order chi connectivity index (χ1) is 11.5. The van der Waals surface area contributed by atoms with E-state index >= 15 is 0 Å². The molecule has 0 saturated heterocycles. The maximum Gasteiger partial charge on any atom is 0.269 e. The number of amides is 1. The van der Waals surface area contributed by atoms with Crippen LogP contribution < -0.4 is 10.2 Å². The molecule has 0 spiro atoms. The Hall–Kier alpha value is -3.33. The Kier molecular flexibility index (Phi) is 5.53. The Morgan fingerprint density at radius 2 is 2.04 bits per heavy atom. The molecule has 1 amide bonds. The summed E-state index contributed by atoms with van der Waals surface area (Å²) < 4.78 is 0. The minimum Gasteiger partial charge on any atom is -0.358 e. The molecule has 0 aromatic heterocycles. The molecule has 1 N–H and O–H groups in total. The largest absolute Gasteiger partial charge is 0.358 e. The number of nitro groups is 1. The van der Waals surface area contributed by atoms with Crippen LogP contribution >= 0.6 is 0 Å². The van der Waals surface area contributed by atoms with Gasteiger partial charge in [-0.25, -0.2) is 0 Å². The number of nitrogens with one attached hydrogen (secondary N) is 1. The van der Waals surface area contributed by atoms with E-state index in [0.29, 0.717) is 12.1 Å². The summed E-state index contributed by atoms with van der Waals surface area (Å²) in [5, 5.41) is 13.5. The summed E-state index contributed by atoms with van der Waals surface area (Å²) in [5.41, 5.74) is 2.23. The number of hydrogen-bond acceptors (Lipinski definition) is 4. The number of nitro benzene ring substituents is 1. The molecule has 6 heteroatoms. The van der Waals surface area contributed by atoms with E-state index in [9.17, 15) is 14.9 Å². The molecule has 0 aliphatic rings. The predicted molar refractivity (Wildman–Crippen MR) is 92.6 cm³/mol. The van der Waals surface area contributed by atoms with Gasteiger partial charge in [0, 0.05) is 37.0 Å². The first-order valence-corrected chi connectivity index (χ1v) is 7.29. The molecule has 2 aromatic rings. The molecule has 122 valence electrons. The molecule has 0 unspecified atom stereocenters. The van der Waals surface area contributed by atoms with E-state index in [1.807, 2.05) is 17.0 Å². The van der Waals surface area contributed by atoms with Gasteiger partial charge in [0.1, 0.15) is 0 Å². The van der Waals surface area contributed by atoms with Crippen molar-refractivity contribution in [3.8, 4) is 12.3 Å². The van der Waals surface area contributed by atoms with Gasteiger partial charge in [0.25, 0.3) is 5.69 Å². The molecule has 0 radical (unpaired) electrons. The third-order valence-electron chi connectivity index (χ3n) is 3.49. The van der Waals surface area contributed by atoms with Gasteiger partial charge in [0.15, 0.2) is 0 Å². The lowest BCUT2D eigenvalue weighted by Crippen LogP contribution is -2.35. The Morgan fingerprint density at radius 3 is 2.71 bits per heavy atom. The van der Waals surface area contributed by atoms with E-state index < -0.39 is 4.92 Å². The van der Waals surface area contributed by atoms with Gasteiger partial charge in [-0.15, -0.1) is 6.42 Å². The molecule has 0 fully saturated rings. The number of carbonyl (C=O) groups excluding carboxylic acids is 1. The maximum absolute atomic E-state index is 11.8. The first-order valence-electron chi connectivity index (χ1n) is 7.29. The van der Waals surface area contributed by atoms with Crippen molar-refractivity contribution in [3.63, 3.8) is 0 Å². The van der Waals surface area contributed by atoms with Crippen LogP contribution in [0.4, 0.5) is 11.4 Å². The quantitative estimate of drug-likeness (QED) is 0.503. The average molecular weight is 323 g/mol. The molecular weight excluding hydrogens is 306 g/mol. The molecule has 2 aromatic carbocycles. The monoisotopic (exact) mass is 323 g/mol. The number of hydrogen-bond donors (Lipinski definition) is 1. The number of carbonyl (C=O) groups is 1. The van der Waals surface area contributed by atoms with Gasteiger partial charge in [-0.2, -0.15) is 0 Å². The summed E-state index contributed by atoms with van der Waals surface area (Å²) in [6.07, 6.45) is 5.43. The number of non-ortho nitro benzene ring substituents is 1. The minimum absolute atomic E-state index is 0.0183. The number of terminal acetylenes is 1. The van der Waals surface area contributed by atoms with Crippen molar-refractivity contribution < 1.29 is 9.72 Å². The van der Waals surface area contributed by atoms with Crippen molar-refractivity contribution >= 4 is 17.3 Å². The molecule has 0 aliphatic heterocycles. The minimum atomic E-state index is -0.439. The molecule has 0 saturated carbocycles. The maximum atomic E-state index is 11.8. The molecule has 0 bridgehead atoms. The van der Waals surface area contributed by atoms with Crippen molar-refractivity contribution in [1.29, 1.82) is 0 Å². The van der Waals surface area contributed by atoms with Crippen LogP contribution in [0.25, 0.3) is 0 Å². The second-order valence-corrected chi connectivity index (χ2v) is 5.15. The Labute approximate surface area is 140 Å². The molecule has 2 rings (SSSR count). The summed E-state index contributed by atoms with van der Waals surface area (Å²) in [6.45, 7) is 0.469. The standard InChI is InChI=1S/C18H17N3O3/c1-3-14-6-4-8-16(10-14)20(13-18(22)19-2)12-15-7-5-9-17(11-15)21(23)24/h1,4-11H,12-13H2,2H3,(H,19,22). The highest BCUT2D eigenvalue weighted by atomic mass is 16.6. The Bertz CT molecular complexity index is 796. The van der Waals surface area contributed by atoms with Gasteiger partial charge in [0.2, 0.25) is 5.91 Å². The number of likely N-dealkylation sites (N-methyl/N-ethyl adjacent to an activating group) is 1. The van der Waals surface area contributed by atoms with Crippen molar-refractivity contribution in [2.24, 2.45) is 0 Å². The van der Waals surface area contributed by atoms with E-state index in [2.05, 4.69) is 11.2 Å².